The van der Waals surface area contributed by atoms with Crippen molar-refractivity contribution >= 4 is 42.6 Å². The third-order valence-corrected chi connectivity index (χ3v) is 8.74. The molecule has 0 heterocycles. The van der Waals surface area contributed by atoms with E-state index in [0.29, 0.717) is 12.0 Å². The number of nitrogens with two attached hydrogens (primary N) is 2. The van der Waals surface area contributed by atoms with E-state index >= 15 is 0 Å². The molecule has 16 nitrogen and oxygen atoms in total. The highest BCUT2D eigenvalue weighted by molar-refractivity contribution is 6.43. The Kier molecular flexibility index (Phi) is 19.4. The van der Waals surface area contributed by atoms with Crippen LogP contribution in [0.15, 0.2) is 48.5 Å². The lowest BCUT2D eigenvalue weighted by molar-refractivity contribution is -0.135. The van der Waals surface area contributed by atoms with Gasteiger partial charge in [0.05, 0.1) is 18.5 Å². The first-order valence-electron chi connectivity index (χ1n) is 18.3. The molecule has 296 valence electrons. The number of carbonyl (C=O) groups is 6. The zero-order chi connectivity index (χ0) is 40.4. The SMILES string of the molecule is CCCCCCc1ccc(-c2ccc(C(=O)N[C@@H](CCCN)C(=O)N[C@H](C(=O)N[C@@H](C)C(=O)N[C@@H](CC(N)=O)C(=O)N[C@@H](C)B(O)O)[C@@H](C)O)cc2)cc1. The largest absolute Gasteiger partial charge is 0.475 e. The summed E-state index contributed by atoms with van der Waals surface area (Å²) in [6, 6.07) is 9.68. The summed E-state index contributed by atoms with van der Waals surface area (Å²) in [5.74, 6) is -6.22. The molecule has 0 saturated carbocycles. The van der Waals surface area contributed by atoms with Gasteiger partial charge in [0.25, 0.3) is 5.91 Å². The second-order valence-corrected chi connectivity index (χ2v) is 13.4. The number of hydrogen-bond donors (Lipinski definition) is 10. The van der Waals surface area contributed by atoms with E-state index < -0.39 is 85.2 Å². The maximum atomic E-state index is 13.4. The fourth-order valence-corrected chi connectivity index (χ4v) is 5.40. The van der Waals surface area contributed by atoms with E-state index in [1.165, 1.54) is 45.6 Å². The van der Waals surface area contributed by atoms with E-state index in [9.17, 15) is 43.9 Å². The molecule has 0 fully saturated rings. The smallest absolute Gasteiger partial charge is 0.426 e. The third kappa shape index (κ3) is 15.3. The molecule has 17 heteroatoms. The van der Waals surface area contributed by atoms with Crippen molar-refractivity contribution in [3.63, 3.8) is 0 Å². The van der Waals surface area contributed by atoms with Crippen LogP contribution in [-0.4, -0.2) is 100 Å². The Morgan fingerprint density at radius 3 is 1.83 bits per heavy atom. The van der Waals surface area contributed by atoms with Crippen molar-refractivity contribution in [2.75, 3.05) is 6.54 Å². The van der Waals surface area contributed by atoms with Gasteiger partial charge >= 0.3 is 7.12 Å². The number of primary amides is 1. The number of unbranched alkanes of at least 4 members (excludes halogenated alkanes) is 3. The number of aliphatic hydroxyl groups is 1. The van der Waals surface area contributed by atoms with Crippen molar-refractivity contribution < 1.29 is 43.9 Å². The molecule has 0 bridgehead atoms. The predicted molar refractivity (Wildman–Crippen MR) is 204 cm³/mol. The Morgan fingerprint density at radius 2 is 1.30 bits per heavy atom. The van der Waals surface area contributed by atoms with Crippen LogP contribution in [0.3, 0.4) is 0 Å². The molecule has 6 amide bonds. The average molecular weight is 754 g/mol. The molecule has 0 aliphatic heterocycles. The maximum absolute atomic E-state index is 13.4. The maximum Gasteiger partial charge on any atom is 0.475 e. The molecule has 0 radical (unpaired) electrons. The van der Waals surface area contributed by atoms with Crippen molar-refractivity contribution in [3.05, 3.63) is 59.7 Å². The van der Waals surface area contributed by atoms with Crippen molar-refractivity contribution in [2.45, 2.75) is 115 Å². The number of amides is 6. The number of hydrogen-bond acceptors (Lipinski definition) is 10. The first-order valence-corrected chi connectivity index (χ1v) is 18.3. The zero-order valence-corrected chi connectivity index (χ0v) is 31.5. The molecule has 0 aliphatic rings. The summed E-state index contributed by atoms with van der Waals surface area (Å²) in [6.07, 6.45) is 4.20. The topological polar surface area (TPSA) is 275 Å². The standard InChI is InChI=1S/C37H56BN7O9/c1-5-6-7-8-10-25-12-14-26(15-13-25)27-16-18-28(19-17-27)34(49)43-29(11-9-20-39)35(50)45-32(23(3)46)37(52)41-22(2)33(48)44-30(21-31(40)47)36(51)42-24(4)38(53)54/h12-19,22-24,29-30,32,46,53-54H,5-11,20-21,39H2,1-4H3,(H2,40,47)(H,41,52)(H,42,51)(H,43,49)(H,44,48)(H,45,50)/t22-,23+,24-,29-,30-,32-/m0/s1. The van der Waals surface area contributed by atoms with Gasteiger partial charge in [-0.2, -0.15) is 0 Å². The van der Waals surface area contributed by atoms with Crippen LogP contribution >= 0.6 is 0 Å². The molecule has 0 saturated heterocycles. The summed E-state index contributed by atoms with van der Waals surface area (Å²) in [6.45, 7) is 6.18. The fourth-order valence-electron chi connectivity index (χ4n) is 5.40. The first kappa shape index (κ1) is 45.3. The third-order valence-electron chi connectivity index (χ3n) is 8.74. The van der Waals surface area contributed by atoms with Crippen LogP contribution in [0.4, 0.5) is 0 Å². The number of benzene rings is 2. The fraction of sp³-hybridized carbons (Fsp3) is 0.514. The summed E-state index contributed by atoms with van der Waals surface area (Å²) in [7, 11) is -1.92. The van der Waals surface area contributed by atoms with Crippen molar-refractivity contribution in [3.8, 4) is 11.1 Å². The minimum atomic E-state index is -1.92. The van der Waals surface area contributed by atoms with Crippen molar-refractivity contribution in [2.24, 2.45) is 11.5 Å². The second-order valence-electron chi connectivity index (χ2n) is 13.4. The second kappa shape index (κ2) is 23.1. The highest BCUT2D eigenvalue weighted by Gasteiger charge is 2.33. The zero-order valence-electron chi connectivity index (χ0n) is 31.5. The molecule has 2 aromatic rings. The molecule has 0 aromatic heterocycles. The van der Waals surface area contributed by atoms with Gasteiger partial charge in [0, 0.05) is 5.56 Å². The van der Waals surface area contributed by atoms with E-state index in [4.69, 9.17) is 11.5 Å². The summed E-state index contributed by atoms with van der Waals surface area (Å²) in [5.41, 5.74) is 14.4. The normalized spacial score (nSPS) is 14.3. The molecule has 0 spiro atoms. The molecule has 6 atom stereocenters. The van der Waals surface area contributed by atoms with Gasteiger partial charge in [-0.3, -0.25) is 28.8 Å². The van der Waals surface area contributed by atoms with Crippen molar-refractivity contribution in [1.82, 2.24) is 26.6 Å². The van der Waals surface area contributed by atoms with Gasteiger partial charge in [-0.15, -0.1) is 0 Å². The van der Waals surface area contributed by atoms with E-state index in [1.807, 2.05) is 24.3 Å². The van der Waals surface area contributed by atoms with Crippen LogP contribution in [0.5, 0.6) is 0 Å². The lowest BCUT2D eigenvalue weighted by Gasteiger charge is -2.26. The van der Waals surface area contributed by atoms with Gasteiger partial charge in [0.2, 0.25) is 29.5 Å². The summed E-state index contributed by atoms with van der Waals surface area (Å²) >= 11 is 0. The van der Waals surface area contributed by atoms with E-state index in [2.05, 4.69) is 45.6 Å². The lowest BCUT2D eigenvalue weighted by atomic mass is 9.81. The summed E-state index contributed by atoms with van der Waals surface area (Å²) in [5, 5.41) is 40.9. The number of aryl methyl sites for hydroxylation is 1. The molecule has 2 rings (SSSR count). The highest BCUT2D eigenvalue weighted by atomic mass is 16.4. The van der Waals surface area contributed by atoms with E-state index in [-0.39, 0.29) is 13.0 Å². The van der Waals surface area contributed by atoms with Gasteiger partial charge in [0.1, 0.15) is 24.2 Å². The number of rotatable bonds is 23. The molecule has 54 heavy (non-hydrogen) atoms. The molecular formula is C37H56BN7O9. The average Bonchev–Trinajstić information content (AvgIpc) is 3.13. The number of aliphatic hydroxyl groups excluding tert-OH is 1. The lowest BCUT2D eigenvalue weighted by Crippen LogP contribution is -2.60. The molecular weight excluding hydrogens is 697 g/mol. The van der Waals surface area contributed by atoms with E-state index in [0.717, 1.165) is 24.0 Å². The Bertz CT molecular complexity index is 1540. The van der Waals surface area contributed by atoms with Crippen LogP contribution < -0.4 is 38.1 Å². The van der Waals surface area contributed by atoms with Crippen LogP contribution in [0.2, 0.25) is 0 Å². The van der Waals surface area contributed by atoms with Gasteiger partial charge < -0.3 is 53.2 Å². The predicted octanol–water partition coefficient (Wildman–Crippen LogP) is -0.439. The van der Waals surface area contributed by atoms with Gasteiger partial charge in [-0.25, -0.2) is 0 Å². The van der Waals surface area contributed by atoms with Crippen LogP contribution in [0, 0.1) is 0 Å². The minimum absolute atomic E-state index is 0.124. The molecule has 2 aromatic carbocycles. The van der Waals surface area contributed by atoms with Crippen LogP contribution in [0.1, 0.15) is 88.6 Å². The Morgan fingerprint density at radius 1 is 0.704 bits per heavy atom. The summed E-state index contributed by atoms with van der Waals surface area (Å²) < 4.78 is 0. The van der Waals surface area contributed by atoms with Gasteiger partial charge in [-0.05, 0) is 81.8 Å². The Labute approximate surface area is 316 Å². The number of nitrogens with one attached hydrogen (secondary N) is 5. The van der Waals surface area contributed by atoms with Crippen LogP contribution in [0.25, 0.3) is 11.1 Å². The minimum Gasteiger partial charge on any atom is -0.426 e. The number of carbonyl (C=O) groups excluding carboxylic acids is 6. The quantitative estimate of drug-likeness (QED) is 0.0516. The Balaban J connectivity index is 2.08. The highest BCUT2D eigenvalue weighted by Crippen LogP contribution is 2.21. The molecule has 0 aliphatic carbocycles. The monoisotopic (exact) mass is 753 g/mol. The first-order chi connectivity index (χ1) is 25.6. The van der Waals surface area contributed by atoms with Gasteiger partial charge in [-0.1, -0.05) is 62.6 Å². The van der Waals surface area contributed by atoms with Gasteiger partial charge in [0.15, 0.2) is 0 Å². The summed E-state index contributed by atoms with van der Waals surface area (Å²) in [4.78, 5) is 76.9. The van der Waals surface area contributed by atoms with E-state index in [1.54, 1.807) is 12.1 Å². The van der Waals surface area contributed by atoms with Crippen molar-refractivity contribution in [1.29, 1.82) is 0 Å². The molecule has 0 unspecified atom stereocenters. The van der Waals surface area contributed by atoms with Crippen LogP contribution in [-0.2, 0) is 30.4 Å². The Hall–Kier alpha value is -4.84. The molecule has 12 N–H and O–H groups in total.